The number of hydrogen-bond acceptors (Lipinski definition) is 1. The molecule has 0 bridgehead atoms. The van der Waals surface area contributed by atoms with Gasteiger partial charge in [-0.05, 0) is 62.4 Å². The average Bonchev–Trinajstić information content (AvgIpc) is 2.88. The van der Waals surface area contributed by atoms with E-state index in [2.05, 4.69) is 25.7 Å². The van der Waals surface area contributed by atoms with E-state index in [-0.39, 0.29) is 0 Å². The van der Waals surface area contributed by atoms with Crippen LogP contribution in [-0.4, -0.2) is 24.5 Å². The van der Waals surface area contributed by atoms with Gasteiger partial charge in [-0.1, -0.05) is 20.8 Å². The highest BCUT2D eigenvalue weighted by Crippen LogP contribution is 2.51. The standard InChI is InChI=1S/C14H27N/c1-12(2)10-14(6-7-14)11-15-8-4-13(3)5-9-15/h12-13H,4-11H2,1-3H3. The van der Waals surface area contributed by atoms with Crippen LogP contribution < -0.4 is 0 Å². The van der Waals surface area contributed by atoms with Crippen molar-refractivity contribution in [3.8, 4) is 0 Å². The van der Waals surface area contributed by atoms with Crippen LogP contribution in [0.2, 0.25) is 0 Å². The first-order chi connectivity index (χ1) is 7.10. The van der Waals surface area contributed by atoms with Gasteiger partial charge >= 0.3 is 0 Å². The van der Waals surface area contributed by atoms with Crippen LogP contribution in [0.1, 0.15) is 52.9 Å². The highest BCUT2D eigenvalue weighted by atomic mass is 15.1. The minimum atomic E-state index is 0.745. The Kier molecular flexibility index (Phi) is 3.39. The zero-order valence-corrected chi connectivity index (χ0v) is 10.8. The fourth-order valence-electron chi connectivity index (χ4n) is 3.16. The smallest absolute Gasteiger partial charge is 0.00381 e. The summed E-state index contributed by atoms with van der Waals surface area (Å²) >= 11 is 0. The van der Waals surface area contributed by atoms with Crippen LogP contribution in [-0.2, 0) is 0 Å². The fourth-order valence-corrected chi connectivity index (χ4v) is 3.16. The van der Waals surface area contributed by atoms with E-state index >= 15 is 0 Å². The second-order valence-corrected chi connectivity index (χ2v) is 6.56. The molecule has 0 N–H and O–H groups in total. The second kappa shape index (κ2) is 4.45. The van der Waals surface area contributed by atoms with E-state index in [1.54, 1.807) is 0 Å². The molecular formula is C14H27N. The summed E-state index contributed by atoms with van der Waals surface area (Å²) in [6, 6.07) is 0. The fraction of sp³-hybridized carbons (Fsp3) is 1.00. The number of nitrogens with zero attached hydrogens (tertiary/aromatic N) is 1. The van der Waals surface area contributed by atoms with Crippen LogP contribution >= 0.6 is 0 Å². The largest absolute Gasteiger partial charge is 0.303 e. The Morgan fingerprint density at radius 3 is 2.27 bits per heavy atom. The molecular weight excluding hydrogens is 182 g/mol. The first kappa shape index (κ1) is 11.4. The maximum atomic E-state index is 2.73. The van der Waals surface area contributed by atoms with E-state index in [1.165, 1.54) is 51.7 Å². The van der Waals surface area contributed by atoms with Gasteiger partial charge in [-0.25, -0.2) is 0 Å². The van der Waals surface area contributed by atoms with Crippen LogP contribution in [0.4, 0.5) is 0 Å². The van der Waals surface area contributed by atoms with E-state index in [0.29, 0.717) is 0 Å². The minimum absolute atomic E-state index is 0.745. The van der Waals surface area contributed by atoms with Gasteiger partial charge in [0.25, 0.3) is 0 Å². The lowest BCUT2D eigenvalue weighted by Gasteiger charge is -2.33. The quantitative estimate of drug-likeness (QED) is 0.684. The molecule has 1 aliphatic carbocycles. The topological polar surface area (TPSA) is 3.24 Å². The SMILES string of the molecule is CC(C)CC1(CN2CCC(C)CC2)CC1. The van der Waals surface area contributed by atoms with Crippen molar-refractivity contribution in [2.45, 2.75) is 52.9 Å². The number of piperidine rings is 1. The van der Waals surface area contributed by atoms with Gasteiger partial charge in [0.15, 0.2) is 0 Å². The molecule has 2 aliphatic rings. The predicted molar refractivity (Wildman–Crippen MR) is 66.0 cm³/mol. The highest BCUT2D eigenvalue weighted by Gasteiger charge is 2.43. The molecule has 0 unspecified atom stereocenters. The van der Waals surface area contributed by atoms with Crippen molar-refractivity contribution in [2.75, 3.05) is 19.6 Å². The molecule has 0 radical (unpaired) electrons. The molecule has 0 atom stereocenters. The first-order valence-electron chi connectivity index (χ1n) is 6.82. The summed E-state index contributed by atoms with van der Waals surface area (Å²) in [5.41, 5.74) is 0.745. The summed E-state index contributed by atoms with van der Waals surface area (Å²) in [6.45, 7) is 11.3. The van der Waals surface area contributed by atoms with Crippen LogP contribution in [0.3, 0.4) is 0 Å². The van der Waals surface area contributed by atoms with Gasteiger partial charge in [-0.3, -0.25) is 0 Å². The Bertz CT molecular complexity index is 197. The van der Waals surface area contributed by atoms with Crippen LogP contribution in [0, 0.1) is 17.3 Å². The van der Waals surface area contributed by atoms with Crippen LogP contribution in [0.5, 0.6) is 0 Å². The molecule has 88 valence electrons. The molecule has 1 heteroatoms. The van der Waals surface area contributed by atoms with Gasteiger partial charge in [-0.2, -0.15) is 0 Å². The van der Waals surface area contributed by atoms with E-state index in [9.17, 15) is 0 Å². The van der Waals surface area contributed by atoms with Crippen molar-refractivity contribution < 1.29 is 0 Å². The normalized spacial score (nSPS) is 27.2. The zero-order chi connectivity index (χ0) is 10.9. The summed E-state index contributed by atoms with van der Waals surface area (Å²) in [6.07, 6.45) is 7.31. The Morgan fingerprint density at radius 2 is 1.80 bits per heavy atom. The maximum Gasteiger partial charge on any atom is 0.00381 e. The predicted octanol–water partition coefficient (Wildman–Crippen LogP) is 3.54. The van der Waals surface area contributed by atoms with Gasteiger partial charge in [-0.15, -0.1) is 0 Å². The van der Waals surface area contributed by atoms with Gasteiger partial charge in [0, 0.05) is 6.54 Å². The van der Waals surface area contributed by atoms with Crippen molar-refractivity contribution >= 4 is 0 Å². The molecule has 1 saturated carbocycles. The molecule has 0 aromatic carbocycles. The van der Waals surface area contributed by atoms with E-state index in [1.807, 2.05) is 0 Å². The van der Waals surface area contributed by atoms with E-state index in [4.69, 9.17) is 0 Å². The highest BCUT2D eigenvalue weighted by molar-refractivity contribution is 4.96. The Balaban J connectivity index is 1.76. The third kappa shape index (κ3) is 3.21. The molecule has 0 amide bonds. The molecule has 1 saturated heterocycles. The molecule has 0 aromatic rings. The van der Waals surface area contributed by atoms with Gasteiger partial charge in [0.1, 0.15) is 0 Å². The summed E-state index contributed by atoms with van der Waals surface area (Å²) in [5, 5.41) is 0. The third-order valence-corrected chi connectivity index (χ3v) is 4.23. The molecule has 2 fully saturated rings. The number of rotatable bonds is 4. The van der Waals surface area contributed by atoms with E-state index in [0.717, 1.165) is 17.3 Å². The minimum Gasteiger partial charge on any atom is -0.303 e. The molecule has 1 nitrogen and oxygen atoms in total. The lowest BCUT2D eigenvalue weighted by Crippen LogP contribution is -2.37. The molecule has 0 aromatic heterocycles. The van der Waals surface area contributed by atoms with Gasteiger partial charge < -0.3 is 4.90 Å². The number of hydrogen-bond donors (Lipinski definition) is 0. The third-order valence-electron chi connectivity index (χ3n) is 4.23. The average molecular weight is 209 g/mol. The van der Waals surface area contributed by atoms with Crippen molar-refractivity contribution in [1.29, 1.82) is 0 Å². The second-order valence-electron chi connectivity index (χ2n) is 6.56. The molecule has 1 aliphatic heterocycles. The maximum absolute atomic E-state index is 2.73. The van der Waals surface area contributed by atoms with E-state index < -0.39 is 0 Å². The lowest BCUT2D eigenvalue weighted by atomic mass is 9.92. The molecule has 2 rings (SSSR count). The number of likely N-dealkylation sites (tertiary alicyclic amines) is 1. The van der Waals surface area contributed by atoms with Crippen molar-refractivity contribution in [3.63, 3.8) is 0 Å². The van der Waals surface area contributed by atoms with Crippen molar-refractivity contribution in [3.05, 3.63) is 0 Å². The van der Waals surface area contributed by atoms with Crippen LogP contribution in [0.25, 0.3) is 0 Å². The summed E-state index contributed by atoms with van der Waals surface area (Å²) < 4.78 is 0. The van der Waals surface area contributed by atoms with Crippen molar-refractivity contribution in [1.82, 2.24) is 4.90 Å². The molecule has 0 spiro atoms. The Labute approximate surface area is 95.2 Å². The summed E-state index contributed by atoms with van der Waals surface area (Å²) in [7, 11) is 0. The first-order valence-corrected chi connectivity index (χ1v) is 6.82. The van der Waals surface area contributed by atoms with Gasteiger partial charge in [0.05, 0.1) is 0 Å². The van der Waals surface area contributed by atoms with Crippen molar-refractivity contribution in [2.24, 2.45) is 17.3 Å². The monoisotopic (exact) mass is 209 g/mol. The van der Waals surface area contributed by atoms with Gasteiger partial charge in [0.2, 0.25) is 0 Å². The lowest BCUT2D eigenvalue weighted by molar-refractivity contribution is 0.149. The summed E-state index contributed by atoms with van der Waals surface area (Å²) in [4.78, 5) is 2.73. The Morgan fingerprint density at radius 1 is 1.20 bits per heavy atom. The van der Waals surface area contributed by atoms with Crippen LogP contribution in [0.15, 0.2) is 0 Å². The molecule has 1 heterocycles. The Hall–Kier alpha value is -0.0400. The molecule has 15 heavy (non-hydrogen) atoms. The summed E-state index contributed by atoms with van der Waals surface area (Å²) in [5.74, 6) is 1.86. The zero-order valence-electron chi connectivity index (χ0n) is 10.8.